The standard InChI is InChI=1S/C34H30FN3O5/c1-3-10-24-17-22(18-29-33(40)38(34(41)37-29)20-31(39)36-28-16-8-7-15-27(28)35)19-30(42-4-2)32(24)43-21-25-13-9-12-23-11-5-6-14-26(23)25/h3,5-9,11-19H,1,4,10,20-21H2,2H3,(H,36,39)(H,37,41)/b29-18+. The molecular formula is C34H30FN3O5. The predicted octanol–water partition coefficient (Wildman–Crippen LogP) is 6.22. The average Bonchev–Trinajstić information content (AvgIpc) is 3.25. The highest BCUT2D eigenvalue weighted by molar-refractivity contribution is 6.16. The zero-order valence-electron chi connectivity index (χ0n) is 23.6. The lowest BCUT2D eigenvalue weighted by Gasteiger charge is -2.17. The number of carbonyl (C=O) groups excluding carboxylic acids is 3. The minimum absolute atomic E-state index is 0.0138. The molecule has 0 saturated carbocycles. The Bertz CT molecular complexity index is 1740. The summed E-state index contributed by atoms with van der Waals surface area (Å²) in [7, 11) is 0. The van der Waals surface area contributed by atoms with Gasteiger partial charge in [0, 0.05) is 5.56 Å². The van der Waals surface area contributed by atoms with Crippen LogP contribution in [0.5, 0.6) is 11.5 Å². The third-order valence-corrected chi connectivity index (χ3v) is 6.79. The molecule has 0 aromatic heterocycles. The second-order valence-corrected chi connectivity index (χ2v) is 9.77. The Morgan fingerprint density at radius 2 is 1.77 bits per heavy atom. The Balaban J connectivity index is 1.38. The predicted molar refractivity (Wildman–Crippen MR) is 163 cm³/mol. The molecule has 1 aliphatic heterocycles. The molecule has 2 N–H and O–H groups in total. The molecule has 0 spiro atoms. The van der Waals surface area contributed by atoms with E-state index in [4.69, 9.17) is 9.47 Å². The molecular weight excluding hydrogens is 549 g/mol. The molecule has 0 unspecified atom stereocenters. The number of hydrogen-bond donors (Lipinski definition) is 2. The molecule has 4 aromatic carbocycles. The third-order valence-electron chi connectivity index (χ3n) is 6.79. The lowest BCUT2D eigenvalue weighted by Crippen LogP contribution is -2.38. The van der Waals surface area contributed by atoms with Gasteiger partial charge in [-0.2, -0.15) is 0 Å². The van der Waals surface area contributed by atoms with E-state index >= 15 is 0 Å². The van der Waals surface area contributed by atoms with Crippen LogP contribution >= 0.6 is 0 Å². The number of benzene rings is 4. The van der Waals surface area contributed by atoms with E-state index in [1.807, 2.05) is 37.3 Å². The summed E-state index contributed by atoms with van der Waals surface area (Å²) in [4.78, 5) is 38.9. The molecule has 1 fully saturated rings. The van der Waals surface area contributed by atoms with Crippen molar-refractivity contribution in [2.24, 2.45) is 0 Å². The number of amides is 4. The minimum atomic E-state index is -0.758. The van der Waals surface area contributed by atoms with Crippen molar-refractivity contribution in [3.63, 3.8) is 0 Å². The number of allylic oxidation sites excluding steroid dienone is 1. The summed E-state index contributed by atoms with van der Waals surface area (Å²) in [6.07, 6.45) is 3.72. The number of rotatable bonds is 11. The van der Waals surface area contributed by atoms with Gasteiger partial charge < -0.3 is 20.1 Å². The van der Waals surface area contributed by atoms with Gasteiger partial charge in [-0.25, -0.2) is 14.1 Å². The van der Waals surface area contributed by atoms with Gasteiger partial charge in [-0.1, -0.05) is 60.7 Å². The number of ether oxygens (including phenoxy) is 2. The summed E-state index contributed by atoms with van der Waals surface area (Å²) in [6, 6.07) is 22.6. The number of anilines is 1. The fraction of sp³-hybridized carbons (Fsp3) is 0.147. The van der Waals surface area contributed by atoms with Gasteiger partial charge in [0.2, 0.25) is 5.91 Å². The summed E-state index contributed by atoms with van der Waals surface area (Å²) in [5.41, 5.74) is 2.33. The van der Waals surface area contributed by atoms with Crippen LogP contribution in [0.2, 0.25) is 0 Å². The van der Waals surface area contributed by atoms with Crippen molar-refractivity contribution < 1.29 is 28.2 Å². The molecule has 218 valence electrons. The maximum atomic E-state index is 13.9. The van der Waals surface area contributed by atoms with Crippen molar-refractivity contribution >= 4 is 40.4 Å². The number of hydrogen-bond acceptors (Lipinski definition) is 5. The number of fused-ring (bicyclic) bond motifs is 1. The molecule has 1 saturated heterocycles. The fourth-order valence-electron chi connectivity index (χ4n) is 4.85. The third kappa shape index (κ3) is 6.56. The number of halogens is 1. The fourth-order valence-corrected chi connectivity index (χ4v) is 4.85. The normalized spacial score (nSPS) is 13.7. The largest absolute Gasteiger partial charge is 0.490 e. The lowest BCUT2D eigenvalue weighted by molar-refractivity contribution is -0.127. The molecule has 0 radical (unpaired) electrons. The first kappa shape index (κ1) is 29.1. The van der Waals surface area contributed by atoms with Crippen molar-refractivity contribution in [2.75, 3.05) is 18.5 Å². The first-order chi connectivity index (χ1) is 20.9. The number of nitrogens with zero attached hydrogens (tertiary/aromatic N) is 1. The monoisotopic (exact) mass is 579 g/mol. The second kappa shape index (κ2) is 13.0. The van der Waals surface area contributed by atoms with E-state index in [9.17, 15) is 18.8 Å². The Kier molecular flexibility index (Phi) is 8.81. The zero-order chi connectivity index (χ0) is 30.3. The maximum absolute atomic E-state index is 13.9. The van der Waals surface area contributed by atoms with E-state index in [1.165, 1.54) is 24.3 Å². The van der Waals surface area contributed by atoms with E-state index in [1.54, 1.807) is 18.2 Å². The highest BCUT2D eigenvalue weighted by atomic mass is 19.1. The molecule has 4 amide bonds. The molecule has 0 aliphatic carbocycles. The second-order valence-electron chi connectivity index (χ2n) is 9.77. The molecule has 4 aromatic rings. The van der Waals surface area contributed by atoms with Crippen LogP contribution in [0, 0.1) is 5.82 Å². The molecule has 0 bridgehead atoms. The number of urea groups is 1. The minimum Gasteiger partial charge on any atom is -0.490 e. The Morgan fingerprint density at radius 3 is 2.56 bits per heavy atom. The summed E-state index contributed by atoms with van der Waals surface area (Å²) in [5, 5.41) is 7.10. The topological polar surface area (TPSA) is 97.0 Å². The van der Waals surface area contributed by atoms with Gasteiger partial charge in [0.15, 0.2) is 11.5 Å². The summed E-state index contributed by atoms with van der Waals surface area (Å²) < 4.78 is 26.2. The van der Waals surface area contributed by atoms with E-state index in [0.29, 0.717) is 36.7 Å². The number of carbonyl (C=O) groups is 3. The number of imide groups is 1. The van der Waals surface area contributed by atoms with E-state index < -0.39 is 30.2 Å². The van der Waals surface area contributed by atoms with Crippen molar-refractivity contribution in [1.82, 2.24) is 10.2 Å². The smallest absolute Gasteiger partial charge is 0.329 e. The van der Waals surface area contributed by atoms with E-state index in [0.717, 1.165) is 26.8 Å². The molecule has 9 heteroatoms. The lowest BCUT2D eigenvalue weighted by atomic mass is 10.0. The van der Waals surface area contributed by atoms with Crippen LogP contribution in [0.15, 0.2) is 97.2 Å². The quantitative estimate of drug-likeness (QED) is 0.125. The molecule has 0 atom stereocenters. The Hall–Kier alpha value is -5.44. The van der Waals surface area contributed by atoms with Gasteiger partial charge in [0.1, 0.15) is 24.7 Å². The molecule has 1 aliphatic rings. The molecule has 5 rings (SSSR count). The van der Waals surface area contributed by atoms with Gasteiger partial charge in [-0.05, 0) is 65.6 Å². The van der Waals surface area contributed by atoms with Gasteiger partial charge >= 0.3 is 6.03 Å². The van der Waals surface area contributed by atoms with Crippen LogP contribution < -0.4 is 20.1 Å². The van der Waals surface area contributed by atoms with Gasteiger partial charge in [0.25, 0.3) is 5.91 Å². The molecule has 8 nitrogen and oxygen atoms in total. The first-order valence-corrected chi connectivity index (χ1v) is 13.8. The van der Waals surface area contributed by atoms with Crippen molar-refractivity contribution in [1.29, 1.82) is 0 Å². The molecule has 43 heavy (non-hydrogen) atoms. The van der Waals surface area contributed by atoms with Crippen molar-refractivity contribution in [3.05, 3.63) is 120 Å². The van der Waals surface area contributed by atoms with E-state index in [-0.39, 0.29) is 11.4 Å². The van der Waals surface area contributed by atoms with Gasteiger partial charge in [-0.15, -0.1) is 6.58 Å². The van der Waals surface area contributed by atoms with Crippen LogP contribution in [-0.4, -0.2) is 35.9 Å². The van der Waals surface area contributed by atoms with Crippen LogP contribution in [-0.2, 0) is 22.6 Å². The van der Waals surface area contributed by atoms with Gasteiger partial charge in [0.05, 0.1) is 12.3 Å². The van der Waals surface area contributed by atoms with Crippen LogP contribution in [0.3, 0.4) is 0 Å². The summed E-state index contributed by atoms with van der Waals surface area (Å²) >= 11 is 0. The van der Waals surface area contributed by atoms with Gasteiger partial charge in [-0.3, -0.25) is 9.59 Å². The Labute approximate surface area is 248 Å². The van der Waals surface area contributed by atoms with Crippen molar-refractivity contribution in [2.45, 2.75) is 20.0 Å². The average molecular weight is 580 g/mol. The highest BCUT2D eigenvalue weighted by Gasteiger charge is 2.35. The maximum Gasteiger partial charge on any atom is 0.329 e. The summed E-state index contributed by atoms with van der Waals surface area (Å²) in [6.45, 7) is 5.83. The van der Waals surface area contributed by atoms with Crippen LogP contribution in [0.4, 0.5) is 14.9 Å². The van der Waals surface area contributed by atoms with Crippen LogP contribution in [0.25, 0.3) is 16.8 Å². The highest BCUT2D eigenvalue weighted by Crippen LogP contribution is 2.36. The van der Waals surface area contributed by atoms with Crippen molar-refractivity contribution in [3.8, 4) is 11.5 Å². The Morgan fingerprint density at radius 1 is 1.00 bits per heavy atom. The number of nitrogens with one attached hydrogen (secondary N) is 2. The number of para-hydroxylation sites is 1. The zero-order valence-corrected chi connectivity index (χ0v) is 23.6. The molecule has 1 heterocycles. The van der Waals surface area contributed by atoms with E-state index in [2.05, 4.69) is 35.4 Å². The SMILES string of the molecule is C=CCc1cc(/C=C2/NC(=O)N(CC(=O)Nc3ccccc3F)C2=O)cc(OCC)c1OCc1cccc2ccccc12. The van der Waals surface area contributed by atoms with Crippen LogP contribution in [0.1, 0.15) is 23.6 Å². The summed E-state index contributed by atoms with van der Waals surface area (Å²) in [5.74, 6) is -0.988. The first-order valence-electron chi connectivity index (χ1n) is 13.8.